The summed E-state index contributed by atoms with van der Waals surface area (Å²) in [5.41, 5.74) is 0.917. The molecule has 2 aliphatic rings. The lowest BCUT2D eigenvalue weighted by Gasteiger charge is -2.23. The van der Waals surface area contributed by atoms with Crippen molar-refractivity contribution in [2.75, 3.05) is 6.54 Å². The highest BCUT2D eigenvalue weighted by molar-refractivity contribution is 5.78. The van der Waals surface area contributed by atoms with Gasteiger partial charge in [-0.1, -0.05) is 19.3 Å². The van der Waals surface area contributed by atoms with Crippen molar-refractivity contribution < 1.29 is 4.79 Å². The second kappa shape index (κ2) is 8.71. The van der Waals surface area contributed by atoms with Gasteiger partial charge in [0, 0.05) is 37.8 Å². The topological polar surface area (TPSA) is 81.8 Å². The van der Waals surface area contributed by atoms with Gasteiger partial charge >= 0.3 is 5.69 Å². The molecule has 7 nitrogen and oxygen atoms in total. The molecular formula is C21H29N5O2. The van der Waals surface area contributed by atoms with Crippen LogP contribution in [-0.4, -0.2) is 31.8 Å². The number of hydrogen-bond donors (Lipinski definition) is 1. The second-order valence-corrected chi connectivity index (χ2v) is 8.14. The molecule has 150 valence electrons. The second-order valence-electron chi connectivity index (χ2n) is 8.14. The van der Waals surface area contributed by atoms with Crippen molar-refractivity contribution >= 4 is 5.91 Å². The smallest absolute Gasteiger partial charge is 0.346 e. The number of rotatable bonds is 5. The zero-order chi connectivity index (χ0) is 19.3. The third kappa shape index (κ3) is 4.34. The summed E-state index contributed by atoms with van der Waals surface area (Å²) in [5, 5.41) is 7.70. The van der Waals surface area contributed by atoms with Crippen LogP contribution < -0.4 is 11.0 Å². The summed E-state index contributed by atoms with van der Waals surface area (Å²) < 4.78 is 3.27. The van der Waals surface area contributed by atoms with Gasteiger partial charge in [0.15, 0.2) is 0 Å². The van der Waals surface area contributed by atoms with Gasteiger partial charge in [-0.3, -0.25) is 14.3 Å². The van der Waals surface area contributed by atoms with Crippen LogP contribution in [0.25, 0.3) is 0 Å². The van der Waals surface area contributed by atoms with Gasteiger partial charge in [0.1, 0.15) is 5.82 Å². The standard InChI is InChI=1S/C21H29N5O2/c27-20(23-14-16-4-2-1-3-5-16)18-6-7-19-24-26(21(28)25(19)13-10-18)15-17-8-11-22-12-9-17/h8-9,11-12,16,18H,1-7,10,13-15H2,(H,23,27). The fourth-order valence-corrected chi connectivity index (χ4v) is 4.43. The zero-order valence-electron chi connectivity index (χ0n) is 16.3. The average molecular weight is 383 g/mol. The first-order chi connectivity index (χ1) is 13.7. The molecular weight excluding hydrogens is 354 g/mol. The van der Waals surface area contributed by atoms with Crippen molar-refractivity contribution in [1.82, 2.24) is 24.6 Å². The van der Waals surface area contributed by atoms with Crippen LogP contribution >= 0.6 is 0 Å². The molecule has 0 saturated heterocycles. The van der Waals surface area contributed by atoms with Gasteiger partial charge in [0.05, 0.1) is 6.54 Å². The molecule has 1 aliphatic carbocycles. The highest BCUT2D eigenvalue weighted by atomic mass is 16.2. The first-order valence-corrected chi connectivity index (χ1v) is 10.5. The number of pyridine rings is 1. The number of fused-ring (bicyclic) bond motifs is 1. The summed E-state index contributed by atoms with van der Waals surface area (Å²) in [7, 11) is 0. The molecule has 7 heteroatoms. The summed E-state index contributed by atoms with van der Waals surface area (Å²) >= 11 is 0. The van der Waals surface area contributed by atoms with Gasteiger partial charge in [-0.05, 0) is 49.3 Å². The molecule has 0 bridgehead atoms. The molecule has 0 spiro atoms. The van der Waals surface area contributed by atoms with Crippen molar-refractivity contribution in [3.8, 4) is 0 Å². The van der Waals surface area contributed by atoms with Crippen molar-refractivity contribution in [3.05, 3.63) is 46.4 Å². The number of aromatic nitrogens is 4. The van der Waals surface area contributed by atoms with E-state index in [2.05, 4.69) is 15.4 Å². The summed E-state index contributed by atoms with van der Waals surface area (Å²) in [6.07, 6.45) is 11.9. The van der Waals surface area contributed by atoms with E-state index < -0.39 is 0 Å². The van der Waals surface area contributed by atoms with Gasteiger partial charge < -0.3 is 5.32 Å². The Balaban J connectivity index is 1.35. The lowest BCUT2D eigenvalue weighted by molar-refractivity contribution is -0.125. The molecule has 1 aliphatic heterocycles. The molecule has 1 amide bonds. The summed E-state index contributed by atoms with van der Waals surface area (Å²) in [4.78, 5) is 29.4. The van der Waals surface area contributed by atoms with Crippen LogP contribution in [-0.2, 0) is 24.3 Å². The summed E-state index contributed by atoms with van der Waals surface area (Å²) in [6, 6.07) is 3.79. The number of carbonyl (C=O) groups is 1. The Morgan fingerprint density at radius 1 is 1.11 bits per heavy atom. The van der Waals surface area contributed by atoms with E-state index in [1.807, 2.05) is 12.1 Å². The van der Waals surface area contributed by atoms with Crippen LogP contribution in [0.15, 0.2) is 29.3 Å². The van der Waals surface area contributed by atoms with Gasteiger partial charge in [0.2, 0.25) is 5.91 Å². The minimum absolute atomic E-state index is 0.0293. The van der Waals surface area contributed by atoms with E-state index in [0.29, 0.717) is 31.8 Å². The fraction of sp³-hybridized carbons (Fsp3) is 0.619. The van der Waals surface area contributed by atoms with Gasteiger partial charge in [-0.2, -0.15) is 5.10 Å². The molecule has 1 fully saturated rings. The van der Waals surface area contributed by atoms with E-state index in [9.17, 15) is 9.59 Å². The minimum Gasteiger partial charge on any atom is -0.356 e. The van der Waals surface area contributed by atoms with Crippen molar-refractivity contribution in [3.63, 3.8) is 0 Å². The monoisotopic (exact) mass is 383 g/mol. The molecule has 1 saturated carbocycles. The first-order valence-electron chi connectivity index (χ1n) is 10.5. The molecule has 1 unspecified atom stereocenters. The highest BCUT2D eigenvalue weighted by Crippen LogP contribution is 2.23. The molecule has 1 N–H and O–H groups in total. The number of nitrogens with one attached hydrogen (secondary N) is 1. The number of amides is 1. The van der Waals surface area contributed by atoms with E-state index in [-0.39, 0.29) is 17.5 Å². The van der Waals surface area contributed by atoms with Crippen LogP contribution in [0.1, 0.15) is 56.3 Å². The van der Waals surface area contributed by atoms with Crippen LogP contribution in [0.5, 0.6) is 0 Å². The maximum atomic E-state index is 12.7. The SMILES string of the molecule is O=C(NCC1CCCCC1)C1CCc2nn(Cc3ccncc3)c(=O)n2CC1. The maximum Gasteiger partial charge on any atom is 0.346 e. The first kappa shape index (κ1) is 18.9. The molecule has 2 aromatic rings. The predicted octanol–water partition coefficient (Wildman–Crippen LogP) is 2.14. The zero-order valence-corrected chi connectivity index (χ0v) is 16.3. The van der Waals surface area contributed by atoms with Crippen LogP contribution in [0.4, 0.5) is 0 Å². The third-order valence-electron chi connectivity index (χ3n) is 6.16. The lowest BCUT2D eigenvalue weighted by Crippen LogP contribution is -2.35. The maximum absolute atomic E-state index is 12.7. The molecule has 2 aromatic heterocycles. The van der Waals surface area contributed by atoms with Crippen molar-refractivity contribution in [1.29, 1.82) is 0 Å². The summed E-state index contributed by atoms with van der Waals surface area (Å²) in [5.74, 6) is 1.55. The molecule has 4 rings (SSSR count). The van der Waals surface area contributed by atoms with E-state index >= 15 is 0 Å². The van der Waals surface area contributed by atoms with E-state index in [4.69, 9.17) is 0 Å². The number of hydrogen-bond acceptors (Lipinski definition) is 4. The Labute approximate surface area is 165 Å². The quantitative estimate of drug-likeness (QED) is 0.858. The fourth-order valence-electron chi connectivity index (χ4n) is 4.43. The average Bonchev–Trinajstić information content (AvgIpc) is 2.90. The third-order valence-corrected chi connectivity index (χ3v) is 6.16. The highest BCUT2D eigenvalue weighted by Gasteiger charge is 2.26. The Morgan fingerprint density at radius 2 is 1.89 bits per heavy atom. The minimum atomic E-state index is -0.0879. The number of carbonyl (C=O) groups excluding carboxylic acids is 1. The van der Waals surface area contributed by atoms with Crippen LogP contribution in [0, 0.1) is 11.8 Å². The molecule has 28 heavy (non-hydrogen) atoms. The van der Waals surface area contributed by atoms with Crippen LogP contribution in [0.2, 0.25) is 0 Å². The normalized spacial score (nSPS) is 20.4. The Kier molecular flexibility index (Phi) is 5.88. The van der Waals surface area contributed by atoms with E-state index in [1.54, 1.807) is 17.0 Å². The number of nitrogens with zero attached hydrogens (tertiary/aromatic N) is 4. The van der Waals surface area contributed by atoms with Gasteiger partial charge in [0.25, 0.3) is 0 Å². The largest absolute Gasteiger partial charge is 0.356 e. The lowest BCUT2D eigenvalue weighted by atomic mass is 9.89. The van der Waals surface area contributed by atoms with E-state index in [1.165, 1.54) is 36.8 Å². The Morgan fingerprint density at radius 3 is 2.68 bits per heavy atom. The Bertz CT molecular complexity index is 851. The van der Waals surface area contributed by atoms with Crippen molar-refractivity contribution in [2.24, 2.45) is 11.8 Å². The predicted molar refractivity (Wildman–Crippen MR) is 106 cm³/mol. The van der Waals surface area contributed by atoms with E-state index in [0.717, 1.165) is 24.4 Å². The Hall–Kier alpha value is -2.44. The molecule has 0 aromatic carbocycles. The molecule has 1 atom stereocenters. The molecule has 3 heterocycles. The summed E-state index contributed by atoms with van der Waals surface area (Å²) in [6.45, 7) is 1.82. The number of aryl methyl sites for hydroxylation is 1. The van der Waals surface area contributed by atoms with Gasteiger partial charge in [-0.15, -0.1) is 0 Å². The molecule has 0 radical (unpaired) electrons. The van der Waals surface area contributed by atoms with Gasteiger partial charge in [-0.25, -0.2) is 9.48 Å². The van der Waals surface area contributed by atoms with Crippen LogP contribution in [0.3, 0.4) is 0 Å². The van der Waals surface area contributed by atoms with Crippen molar-refractivity contribution in [2.45, 2.75) is 64.5 Å².